The van der Waals surface area contributed by atoms with Gasteiger partial charge in [0.1, 0.15) is 0 Å². The molecule has 0 radical (unpaired) electrons. The summed E-state index contributed by atoms with van der Waals surface area (Å²) >= 11 is 0. The zero-order chi connectivity index (χ0) is 27.1. The number of carbonyl (C=O) groups excluding carboxylic acids is 2. The molecular weight excluding hydrogens is 474 g/mol. The zero-order valence-electron chi connectivity index (χ0n) is 22.5. The number of nitrogens with zero attached hydrogens (tertiary/aromatic N) is 2. The minimum atomic E-state index is -0.418. The highest BCUT2D eigenvalue weighted by Gasteiger charge is 2.29. The van der Waals surface area contributed by atoms with Crippen molar-refractivity contribution in [3.8, 4) is 11.1 Å². The van der Waals surface area contributed by atoms with Gasteiger partial charge in [-0.05, 0) is 78.3 Å². The van der Waals surface area contributed by atoms with Gasteiger partial charge in [-0.2, -0.15) is 0 Å². The standard InChI is InChI=1S/C32H37N3O3/c1-34(2)29-18-14-26(15-19-29)25-10-7-24(8-11-25)22-35(32(37)27-12-16-28(33)17-13-27)30-6-4-5-23(21-30)9-20-31(36)38-3/h4-11,14-15,18-21,27-28H,12-13,16-17,22,33H2,1-3H3/b20-9+/t27-,28+. The van der Waals surface area contributed by atoms with Gasteiger partial charge in [-0.1, -0.05) is 48.5 Å². The van der Waals surface area contributed by atoms with Gasteiger partial charge >= 0.3 is 5.97 Å². The van der Waals surface area contributed by atoms with Crippen molar-refractivity contribution in [2.75, 3.05) is 31.0 Å². The number of rotatable bonds is 8. The molecule has 0 unspecified atom stereocenters. The molecule has 4 rings (SSSR count). The van der Waals surface area contributed by atoms with Gasteiger partial charge in [-0.3, -0.25) is 4.79 Å². The molecule has 6 nitrogen and oxygen atoms in total. The van der Waals surface area contributed by atoms with Crippen LogP contribution in [-0.4, -0.2) is 39.1 Å². The minimum Gasteiger partial charge on any atom is -0.466 e. The molecule has 3 aromatic carbocycles. The Kier molecular flexibility index (Phi) is 8.98. The predicted octanol–water partition coefficient (Wildman–Crippen LogP) is 5.66. The molecular formula is C32H37N3O3. The number of amides is 1. The van der Waals surface area contributed by atoms with Crippen LogP contribution in [0.15, 0.2) is 78.9 Å². The molecule has 6 heteroatoms. The summed E-state index contributed by atoms with van der Waals surface area (Å²) in [7, 11) is 5.41. The molecule has 1 amide bonds. The summed E-state index contributed by atoms with van der Waals surface area (Å²) in [5, 5.41) is 0. The van der Waals surface area contributed by atoms with Crippen LogP contribution < -0.4 is 15.5 Å². The Balaban J connectivity index is 1.58. The van der Waals surface area contributed by atoms with Crippen molar-refractivity contribution in [1.82, 2.24) is 0 Å². The lowest BCUT2D eigenvalue weighted by molar-refractivity contribution is -0.134. The van der Waals surface area contributed by atoms with Crippen LogP contribution in [0.25, 0.3) is 17.2 Å². The highest BCUT2D eigenvalue weighted by molar-refractivity contribution is 5.95. The van der Waals surface area contributed by atoms with Crippen molar-refractivity contribution in [1.29, 1.82) is 0 Å². The normalized spacial score (nSPS) is 17.3. The fourth-order valence-corrected chi connectivity index (χ4v) is 4.85. The largest absolute Gasteiger partial charge is 0.466 e. The lowest BCUT2D eigenvalue weighted by Crippen LogP contribution is -2.39. The Morgan fingerprint density at radius 1 is 0.895 bits per heavy atom. The lowest BCUT2D eigenvalue weighted by atomic mass is 9.85. The van der Waals surface area contributed by atoms with Crippen LogP contribution in [0, 0.1) is 5.92 Å². The van der Waals surface area contributed by atoms with Crippen LogP contribution in [0.5, 0.6) is 0 Å². The summed E-state index contributed by atoms with van der Waals surface area (Å²) in [4.78, 5) is 29.3. The number of anilines is 2. The first-order chi connectivity index (χ1) is 18.3. The van der Waals surface area contributed by atoms with Gasteiger partial charge < -0.3 is 20.3 Å². The predicted molar refractivity (Wildman–Crippen MR) is 155 cm³/mol. The van der Waals surface area contributed by atoms with Gasteiger partial charge in [0, 0.05) is 43.5 Å². The number of hydrogen-bond acceptors (Lipinski definition) is 5. The first kappa shape index (κ1) is 27.1. The molecule has 198 valence electrons. The third-order valence-corrected chi connectivity index (χ3v) is 7.19. The number of hydrogen-bond donors (Lipinski definition) is 1. The van der Waals surface area contributed by atoms with Crippen molar-refractivity contribution in [3.63, 3.8) is 0 Å². The average molecular weight is 512 g/mol. The minimum absolute atomic E-state index is 0.0430. The number of esters is 1. The maximum absolute atomic E-state index is 13.8. The highest BCUT2D eigenvalue weighted by atomic mass is 16.5. The van der Waals surface area contributed by atoms with Crippen molar-refractivity contribution >= 4 is 29.3 Å². The van der Waals surface area contributed by atoms with Crippen molar-refractivity contribution in [3.05, 3.63) is 90.0 Å². The van der Waals surface area contributed by atoms with E-state index in [4.69, 9.17) is 10.5 Å². The number of ether oxygens (including phenoxy) is 1. The van der Waals surface area contributed by atoms with Crippen molar-refractivity contribution in [2.24, 2.45) is 11.7 Å². The highest BCUT2D eigenvalue weighted by Crippen LogP contribution is 2.30. The van der Waals surface area contributed by atoms with Gasteiger partial charge in [0.15, 0.2) is 0 Å². The van der Waals surface area contributed by atoms with Gasteiger partial charge in [0.05, 0.1) is 13.7 Å². The molecule has 2 N–H and O–H groups in total. The van der Waals surface area contributed by atoms with Gasteiger partial charge in [-0.25, -0.2) is 4.79 Å². The lowest BCUT2D eigenvalue weighted by Gasteiger charge is -2.31. The molecule has 0 aliphatic heterocycles. The maximum atomic E-state index is 13.8. The summed E-state index contributed by atoms with van der Waals surface area (Å²) in [6.45, 7) is 0.464. The first-order valence-electron chi connectivity index (χ1n) is 13.1. The third kappa shape index (κ3) is 6.90. The van der Waals surface area contributed by atoms with E-state index in [1.807, 2.05) is 43.3 Å². The quantitative estimate of drug-likeness (QED) is 0.312. The Hall–Kier alpha value is -3.90. The molecule has 0 bridgehead atoms. The van der Waals surface area contributed by atoms with Crippen LogP contribution in [-0.2, 0) is 20.9 Å². The van der Waals surface area contributed by atoms with E-state index in [0.717, 1.165) is 59.3 Å². The number of nitrogens with two attached hydrogens (primary N) is 1. The molecule has 1 aliphatic carbocycles. The average Bonchev–Trinajstić information content (AvgIpc) is 2.95. The van der Waals surface area contributed by atoms with E-state index in [9.17, 15) is 9.59 Å². The molecule has 1 fully saturated rings. The zero-order valence-corrected chi connectivity index (χ0v) is 22.5. The second kappa shape index (κ2) is 12.6. The van der Waals surface area contributed by atoms with E-state index < -0.39 is 5.97 Å². The second-order valence-electron chi connectivity index (χ2n) is 10.1. The Labute approximate surface area is 225 Å². The fourth-order valence-electron chi connectivity index (χ4n) is 4.85. The number of methoxy groups -OCH3 is 1. The van der Waals surface area contributed by atoms with Crippen LogP contribution in [0.3, 0.4) is 0 Å². The SMILES string of the molecule is COC(=O)/C=C/c1cccc(N(Cc2ccc(-c3ccc(N(C)C)cc3)cc2)C(=O)[C@H]2CC[C@@H](N)CC2)c1. The third-order valence-electron chi connectivity index (χ3n) is 7.19. The summed E-state index contributed by atoms with van der Waals surface area (Å²) < 4.78 is 4.71. The molecule has 1 aliphatic rings. The van der Waals surface area contributed by atoms with Gasteiger partial charge in [0.2, 0.25) is 5.91 Å². The summed E-state index contributed by atoms with van der Waals surface area (Å²) in [5.41, 5.74) is 12.2. The van der Waals surface area contributed by atoms with Crippen molar-refractivity contribution in [2.45, 2.75) is 38.3 Å². The van der Waals surface area contributed by atoms with E-state index in [1.165, 1.54) is 13.2 Å². The van der Waals surface area contributed by atoms with E-state index in [0.29, 0.717) is 6.54 Å². The second-order valence-corrected chi connectivity index (χ2v) is 10.1. The molecule has 0 spiro atoms. The van der Waals surface area contributed by atoms with Crippen LogP contribution in [0.2, 0.25) is 0 Å². The molecule has 38 heavy (non-hydrogen) atoms. The van der Waals surface area contributed by atoms with Crippen LogP contribution >= 0.6 is 0 Å². The topological polar surface area (TPSA) is 75.9 Å². The molecule has 0 aromatic heterocycles. The monoisotopic (exact) mass is 511 g/mol. The molecule has 1 saturated carbocycles. The van der Waals surface area contributed by atoms with Crippen LogP contribution in [0.1, 0.15) is 36.8 Å². The Bertz CT molecular complexity index is 1260. The summed E-state index contributed by atoms with van der Waals surface area (Å²) in [5.74, 6) is -0.341. The smallest absolute Gasteiger partial charge is 0.330 e. The molecule has 3 aromatic rings. The molecule has 0 atom stereocenters. The number of benzene rings is 3. The number of carbonyl (C=O) groups is 2. The van der Waals surface area contributed by atoms with Crippen LogP contribution in [0.4, 0.5) is 11.4 Å². The van der Waals surface area contributed by atoms with E-state index in [2.05, 4.69) is 53.4 Å². The molecule has 0 heterocycles. The molecule has 0 saturated heterocycles. The fraction of sp³-hybridized carbons (Fsp3) is 0.312. The summed E-state index contributed by atoms with van der Waals surface area (Å²) in [6.07, 6.45) is 6.44. The summed E-state index contributed by atoms with van der Waals surface area (Å²) in [6, 6.07) is 24.8. The van der Waals surface area contributed by atoms with E-state index in [1.54, 1.807) is 6.08 Å². The maximum Gasteiger partial charge on any atom is 0.330 e. The Morgan fingerprint density at radius 3 is 2.13 bits per heavy atom. The van der Waals surface area contributed by atoms with E-state index in [-0.39, 0.29) is 17.9 Å². The van der Waals surface area contributed by atoms with E-state index >= 15 is 0 Å². The van der Waals surface area contributed by atoms with Gasteiger partial charge in [-0.15, -0.1) is 0 Å². The first-order valence-corrected chi connectivity index (χ1v) is 13.1. The van der Waals surface area contributed by atoms with Crippen molar-refractivity contribution < 1.29 is 14.3 Å². The Morgan fingerprint density at radius 2 is 1.53 bits per heavy atom. The van der Waals surface area contributed by atoms with Gasteiger partial charge in [0.25, 0.3) is 0 Å².